The molecular weight excluding hydrogens is 344 g/mol. The maximum atomic E-state index is 10.9. The van der Waals surface area contributed by atoms with Crippen LogP contribution in [0.2, 0.25) is 0 Å². The van der Waals surface area contributed by atoms with Gasteiger partial charge in [-0.15, -0.1) is 0 Å². The van der Waals surface area contributed by atoms with Crippen LogP contribution in [0.3, 0.4) is 0 Å². The number of anilines is 2. The second-order valence-corrected chi connectivity index (χ2v) is 5.90. The number of aromatic amines is 2. The number of benzene rings is 1. The minimum atomic E-state index is 0.371. The number of fused-ring (bicyclic) bond motifs is 2. The van der Waals surface area contributed by atoms with E-state index in [0.717, 1.165) is 28.3 Å². The zero-order chi connectivity index (χ0) is 18.2. The van der Waals surface area contributed by atoms with Crippen molar-refractivity contribution in [2.75, 3.05) is 5.32 Å². The molecule has 0 unspecified atom stereocenters. The summed E-state index contributed by atoms with van der Waals surface area (Å²) >= 11 is 0. The molecule has 130 valence electrons. The third kappa shape index (κ3) is 2.76. The Bertz CT molecular complexity index is 1290. The lowest BCUT2D eigenvalue weighted by Crippen LogP contribution is -1.99. The fraction of sp³-hybridized carbons (Fsp3) is 0. The molecule has 0 aliphatic carbocycles. The molecule has 0 spiro atoms. The second-order valence-electron chi connectivity index (χ2n) is 5.90. The lowest BCUT2D eigenvalue weighted by molar-refractivity contribution is 0.111. The summed E-state index contributed by atoms with van der Waals surface area (Å²) in [6, 6.07) is 9.31. The number of aldehydes is 1. The Labute approximate surface area is 151 Å². The Morgan fingerprint density at radius 3 is 2.81 bits per heavy atom. The number of nitrogens with one attached hydrogen (secondary N) is 3. The van der Waals surface area contributed by atoms with Crippen molar-refractivity contribution in [1.82, 2.24) is 35.1 Å². The van der Waals surface area contributed by atoms with E-state index in [2.05, 4.69) is 40.4 Å². The molecule has 0 atom stereocenters. The van der Waals surface area contributed by atoms with Crippen LogP contribution in [0.5, 0.6) is 0 Å². The van der Waals surface area contributed by atoms with Crippen LogP contribution in [0.25, 0.3) is 33.6 Å². The fourth-order valence-corrected chi connectivity index (χ4v) is 2.81. The number of rotatable bonds is 4. The van der Waals surface area contributed by atoms with Gasteiger partial charge in [-0.05, 0) is 30.3 Å². The van der Waals surface area contributed by atoms with Crippen molar-refractivity contribution in [1.29, 1.82) is 0 Å². The Hall–Kier alpha value is -4.14. The quantitative estimate of drug-likeness (QED) is 0.423. The second kappa shape index (κ2) is 5.99. The Kier molecular flexibility index (Phi) is 3.36. The minimum Gasteiger partial charge on any atom is -0.340 e. The zero-order valence-electron chi connectivity index (χ0n) is 13.8. The van der Waals surface area contributed by atoms with E-state index in [4.69, 9.17) is 0 Å². The molecule has 0 radical (unpaired) electrons. The largest absolute Gasteiger partial charge is 0.340 e. The first kappa shape index (κ1) is 15.1. The zero-order valence-corrected chi connectivity index (χ0v) is 13.8. The van der Waals surface area contributed by atoms with Crippen LogP contribution < -0.4 is 5.32 Å². The van der Waals surface area contributed by atoms with Crippen LogP contribution in [0, 0.1) is 0 Å². The number of carbonyl (C=O) groups excluding carboxylic acids is 1. The van der Waals surface area contributed by atoms with E-state index in [1.807, 2.05) is 18.2 Å². The van der Waals surface area contributed by atoms with E-state index in [9.17, 15) is 4.79 Å². The number of aromatic nitrogens is 7. The molecule has 4 aromatic heterocycles. The predicted molar refractivity (Wildman–Crippen MR) is 99.7 cm³/mol. The van der Waals surface area contributed by atoms with E-state index >= 15 is 0 Å². The number of hydrogen-bond acceptors (Lipinski definition) is 7. The molecule has 0 saturated carbocycles. The van der Waals surface area contributed by atoms with E-state index in [1.54, 1.807) is 30.7 Å². The molecule has 3 N–H and O–H groups in total. The van der Waals surface area contributed by atoms with Gasteiger partial charge in [-0.3, -0.25) is 9.89 Å². The number of nitrogens with zero attached hydrogens (tertiary/aromatic N) is 5. The summed E-state index contributed by atoms with van der Waals surface area (Å²) in [6.45, 7) is 0. The van der Waals surface area contributed by atoms with Gasteiger partial charge in [0, 0.05) is 28.9 Å². The summed E-state index contributed by atoms with van der Waals surface area (Å²) in [7, 11) is 0. The van der Waals surface area contributed by atoms with Crippen LogP contribution in [0.4, 0.5) is 11.5 Å². The van der Waals surface area contributed by atoms with Crippen LogP contribution in [0.15, 0.2) is 48.9 Å². The Morgan fingerprint density at radius 1 is 0.963 bits per heavy atom. The summed E-state index contributed by atoms with van der Waals surface area (Å²) in [4.78, 5) is 31.3. The summed E-state index contributed by atoms with van der Waals surface area (Å²) < 4.78 is 0. The molecular formula is C18H12N8O. The van der Waals surface area contributed by atoms with E-state index in [1.165, 1.54) is 0 Å². The highest BCUT2D eigenvalue weighted by Gasteiger charge is 2.10. The first-order valence-corrected chi connectivity index (χ1v) is 8.13. The molecule has 0 amide bonds. The maximum absolute atomic E-state index is 10.9. The van der Waals surface area contributed by atoms with Gasteiger partial charge in [0.25, 0.3) is 0 Å². The molecule has 5 rings (SSSR count). The summed E-state index contributed by atoms with van der Waals surface area (Å²) in [5.41, 5.74) is 2.85. The van der Waals surface area contributed by atoms with E-state index in [-0.39, 0.29) is 0 Å². The highest BCUT2D eigenvalue weighted by atomic mass is 16.1. The van der Waals surface area contributed by atoms with Crippen molar-refractivity contribution in [3.05, 3.63) is 54.6 Å². The highest BCUT2D eigenvalue weighted by Crippen LogP contribution is 2.21. The van der Waals surface area contributed by atoms with E-state index < -0.39 is 0 Å². The van der Waals surface area contributed by atoms with Gasteiger partial charge in [0.1, 0.15) is 11.5 Å². The van der Waals surface area contributed by atoms with Gasteiger partial charge in [-0.25, -0.2) is 19.9 Å². The fourth-order valence-electron chi connectivity index (χ4n) is 2.81. The molecule has 5 aromatic rings. The van der Waals surface area contributed by atoms with Crippen molar-refractivity contribution in [2.45, 2.75) is 0 Å². The average Bonchev–Trinajstić information content (AvgIpc) is 3.33. The molecule has 27 heavy (non-hydrogen) atoms. The molecule has 0 aliphatic rings. The van der Waals surface area contributed by atoms with Gasteiger partial charge in [-0.1, -0.05) is 0 Å². The SMILES string of the molecule is O=Cc1cc2cnc(-c3nccc(Nc4ccc5[nH]ncc5c4)n3)nc2[nH]1. The van der Waals surface area contributed by atoms with Gasteiger partial charge < -0.3 is 10.3 Å². The lowest BCUT2D eigenvalue weighted by atomic mass is 10.2. The van der Waals surface area contributed by atoms with Gasteiger partial charge in [0.2, 0.25) is 0 Å². The monoisotopic (exact) mass is 356 g/mol. The van der Waals surface area contributed by atoms with Gasteiger partial charge >= 0.3 is 0 Å². The molecule has 0 bridgehead atoms. The van der Waals surface area contributed by atoms with Crippen molar-refractivity contribution in [3.63, 3.8) is 0 Å². The van der Waals surface area contributed by atoms with E-state index in [0.29, 0.717) is 28.8 Å². The average molecular weight is 356 g/mol. The first-order valence-electron chi connectivity index (χ1n) is 8.13. The summed E-state index contributed by atoms with van der Waals surface area (Å²) in [5, 5.41) is 11.9. The highest BCUT2D eigenvalue weighted by molar-refractivity contribution is 5.86. The van der Waals surface area contributed by atoms with Crippen molar-refractivity contribution < 1.29 is 4.79 Å². The number of hydrogen-bond donors (Lipinski definition) is 3. The first-order chi connectivity index (χ1) is 13.3. The molecule has 0 saturated heterocycles. The topological polar surface area (TPSA) is 125 Å². The standard InChI is InChI=1S/C18H12N8O/c27-9-13-6-11-7-20-18(25-16(11)23-13)17-19-4-3-15(24-17)22-12-1-2-14-10(5-12)8-21-26-14/h1-9H,(H,21,26)(H,19,22,24)(H,20,23,25). The van der Waals surface area contributed by atoms with Crippen LogP contribution in [-0.4, -0.2) is 41.4 Å². The molecule has 1 aromatic carbocycles. The molecule has 0 aliphatic heterocycles. The van der Waals surface area contributed by atoms with Gasteiger partial charge in [0.05, 0.1) is 17.4 Å². The van der Waals surface area contributed by atoms with Crippen molar-refractivity contribution in [3.8, 4) is 11.6 Å². The normalized spacial score (nSPS) is 11.1. The predicted octanol–water partition coefficient (Wildman–Crippen LogP) is 2.85. The van der Waals surface area contributed by atoms with Crippen molar-refractivity contribution >= 4 is 39.7 Å². The lowest BCUT2D eigenvalue weighted by Gasteiger charge is -2.06. The van der Waals surface area contributed by atoms with Crippen LogP contribution in [-0.2, 0) is 0 Å². The number of carbonyl (C=O) groups is 1. The van der Waals surface area contributed by atoms with Crippen LogP contribution in [0.1, 0.15) is 10.5 Å². The third-order valence-electron chi connectivity index (χ3n) is 4.09. The summed E-state index contributed by atoms with van der Waals surface area (Å²) in [6.07, 6.45) is 5.77. The Morgan fingerprint density at radius 2 is 1.89 bits per heavy atom. The molecule has 4 heterocycles. The van der Waals surface area contributed by atoms with Crippen LogP contribution >= 0.6 is 0 Å². The van der Waals surface area contributed by atoms with Crippen molar-refractivity contribution in [2.24, 2.45) is 0 Å². The maximum Gasteiger partial charge on any atom is 0.199 e. The number of H-pyrrole nitrogens is 2. The summed E-state index contributed by atoms with van der Waals surface area (Å²) in [5.74, 6) is 1.37. The van der Waals surface area contributed by atoms with Gasteiger partial charge in [-0.2, -0.15) is 5.10 Å². The van der Waals surface area contributed by atoms with Gasteiger partial charge in [0.15, 0.2) is 17.9 Å². The third-order valence-corrected chi connectivity index (χ3v) is 4.09. The molecule has 0 fully saturated rings. The molecule has 9 nitrogen and oxygen atoms in total. The minimum absolute atomic E-state index is 0.371. The smallest absolute Gasteiger partial charge is 0.199 e. The Balaban J connectivity index is 1.48. The molecule has 9 heteroatoms.